The molecule has 1 aliphatic carbocycles. The molecule has 0 radical (unpaired) electrons. The van der Waals surface area contributed by atoms with E-state index in [4.69, 9.17) is 20.2 Å². The zero-order chi connectivity index (χ0) is 25.4. The number of benzene rings is 1. The Morgan fingerprint density at radius 1 is 1.31 bits per heavy atom. The van der Waals surface area contributed by atoms with Crippen LogP contribution < -0.4 is 15.8 Å². The predicted octanol–water partition coefficient (Wildman–Crippen LogP) is 3.41. The van der Waals surface area contributed by atoms with Crippen molar-refractivity contribution in [2.45, 2.75) is 77.4 Å². The number of methoxy groups -OCH3 is 1. The van der Waals surface area contributed by atoms with Gasteiger partial charge >= 0.3 is 0 Å². The van der Waals surface area contributed by atoms with E-state index < -0.39 is 5.54 Å². The molecule has 2 heterocycles. The lowest BCUT2D eigenvalue weighted by Gasteiger charge is -2.41. The van der Waals surface area contributed by atoms with Gasteiger partial charge in [0.2, 0.25) is 11.8 Å². The molecule has 1 aromatic carbocycles. The zero-order valence-electron chi connectivity index (χ0n) is 21.7. The molecule has 0 spiro atoms. The number of carbonyl (C=O) groups excluding carboxylic acids is 2. The molecule has 3 aliphatic rings. The van der Waals surface area contributed by atoms with Crippen molar-refractivity contribution in [1.29, 1.82) is 0 Å². The van der Waals surface area contributed by atoms with Gasteiger partial charge in [0, 0.05) is 36.7 Å². The van der Waals surface area contributed by atoms with Crippen molar-refractivity contribution in [3.8, 4) is 5.75 Å². The molecule has 1 aromatic rings. The fourth-order valence-corrected chi connectivity index (χ4v) is 5.70. The van der Waals surface area contributed by atoms with Crippen LogP contribution in [0, 0.1) is 17.3 Å². The van der Waals surface area contributed by atoms with Gasteiger partial charge in [0.15, 0.2) is 5.96 Å². The fourth-order valence-electron chi connectivity index (χ4n) is 5.70. The number of aliphatic imine (C=N–C) groups is 1. The van der Waals surface area contributed by atoms with Crippen LogP contribution >= 0.6 is 0 Å². The molecule has 35 heavy (non-hydrogen) atoms. The van der Waals surface area contributed by atoms with Crippen LogP contribution in [0.25, 0.3) is 0 Å². The number of amides is 2. The maximum absolute atomic E-state index is 13.5. The molecule has 1 fully saturated rings. The Balaban J connectivity index is 1.52. The summed E-state index contributed by atoms with van der Waals surface area (Å²) in [5.74, 6) is 0.956. The van der Waals surface area contributed by atoms with Gasteiger partial charge in [-0.3, -0.25) is 14.5 Å². The number of fused-ring (bicyclic) bond motifs is 1. The van der Waals surface area contributed by atoms with E-state index in [-0.39, 0.29) is 47.1 Å². The Kier molecular flexibility index (Phi) is 7.13. The molecule has 3 N–H and O–H groups in total. The minimum atomic E-state index is -0.425. The molecule has 0 saturated heterocycles. The monoisotopic (exact) mass is 484 g/mol. The van der Waals surface area contributed by atoms with Gasteiger partial charge in [-0.15, -0.1) is 0 Å². The molecule has 4 unspecified atom stereocenters. The van der Waals surface area contributed by atoms with Gasteiger partial charge in [0.1, 0.15) is 5.75 Å². The molecule has 0 bridgehead atoms. The average Bonchev–Trinajstić information content (AvgIpc) is 3.63. The van der Waals surface area contributed by atoms with Gasteiger partial charge in [0.05, 0.1) is 24.6 Å². The van der Waals surface area contributed by atoms with E-state index in [1.54, 1.807) is 12.0 Å². The summed E-state index contributed by atoms with van der Waals surface area (Å²) < 4.78 is 11.3. The third-order valence-electron chi connectivity index (χ3n) is 8.18. The maximum Gasteiger partial charge on any atom is 0.231 e. The summed E-state index contributed by atoms with van der Waals surface area (Å²) in [6.45, 7) is 9.32. The Morgan fingerprint density at radius 3 is 2.69 bits per heavy atom. The highest BCUT2D eigenvalue weighted by atomic mass is 16.5. The molecule has 8 heteroatoms. The van der Waals surface area contributed by atoms with Gasteiger partial charge in [-0.25, -0.2) is 4.99 Å². The van der Waals surface area contributed by atoms with Gasteiger partial charge in [-0.1, -0.05) is 45.9 Å². The number of ether oxygens (including phenoxy) is 2. The maximum atomic E-state index is 13.5. The summed E-state index contributed by atoms with van der Waals surface area (Å²) in [4.78, 5) is 33.2. The lowest BCUT2D eigenvalue weighted by molar-refractivity contribution is -0.133. The zero-order valence-corrected chi connectivity index (χ0v) is 21.7. The minimum absolute atomic E-state index is 0.00662. The Labute approximate surface area is 208 Å². The molecular weight excluding hydrogens is 444 g/mol. The lowest BCUT2D eigenvalue weighted by atomic mass is 9.79. The average molecular weight is 485 g/mol. The van der Waals surface area contributed by atoms with Crippen molar-refractivity contribution in [2.75, 3.05) is 20.3 Å². The van der Waals surface area contributed by atoms with E-state index in [0.717, 1.165) is 30.6 Å². The molecule has 2 aliphatic heterocycles. The number of para-hydroxylation sites is 1. The highest BCUT2D eigenvalue weighted by molar-refractivity contribution is 5.99. The van der Waals surface area contributed by atoms with Gasteiger partial charge < -0.3 is 20.5 Å². The number of nitrogens with zero attached hydrogens (tertiary/aromatic N) is 2. The summed E-state index contributed by atoms with van der Waals surface area (Å²) in [5, 5.41) is 3.31. The van der Waals surface area contributed by atoms with E-state index in [0.29, 0.717) is 26.1 Å². The molecule has 4 atom stereocenters. The van der Waals surface area contributed by atoms with E-state index in [9.17, 15) is 9.59 Å². The Bertz CT molecular complexity index is 987. The predicted molar refractivity (Wildman–Crippen MR) is 135 cm³/mol. The van der Waals surface area contributed by atoms with Crippen LogP contribution in [0.1, 0.15) is 71.4 Å². The van der Waals surface area contributed by atoms with Gasteiger partial charge in [-0.2, -0.15) is 0 Å². The van der Waals surface area contributed by atoms with Gasteiger partial charge in [0.25, 0.3) is 0 Å². The normalized spacial score (nSPS) is 27.3. The quantitative estimate of drug-likeness (QED) is 0.559. The standard InChI is InChI=1S/C27H40N4O4/c1-6-27(7-2)15-22(32)31(25(28)30-27)20(12-13-34-5)18-14-19(18)24(33)29-23-17-10-8-9-11-21(17)35-16-26(23,3)4/h8-11,18-20,23H,6-7,12-16H2,1-5H3,(H2,28,30)(H,29,33). The topological polar surface area (TPSA) is 106 Å². The van der Waals surface area contributed by atoms with Crippen LogP contribution in [-0.4, -0.2) is 54.6 Å². The number of guanidine groups is 1. The van der Waals surface area contributed by atoms with Crippen LogP contribution in [0.5, 0.6) is 5.75 Å². The van der Waals surface area contributed by atoms with Crippen LogP contribution in [0.2, 0.25) is 0 Å². The summed E-state index contributed by atoms with van der Waals surface area (Å²) in [7, 11) is 1.65. The molecule has 8 nitrogen and oxygen atoms in total. The third kappa shape index (κ3) is 4.90. The van der Waals surface area contributed by atoms with E-state index >= 15 is 0 Å². The number of nitrogens with two attached hydrogens (primary N) is 1. The summed E-state index contributed by atoms with van der Waals surface area (Å²) >= 11 is 0. The van der Waals surface area contributed by atoms with Crippen molar-refractivity contribution in [2.24, 2.45) is 28.0 Å². The van der Waals surface area contributed by atoms with Crippen molar-refractivity contribution >= 4 is 17.8 Å². The largest absolute Gasteiger partial charge is 0.493 e. The van der Waals surface area contributed by atoms with E-state index in [1.165, 1.54) is 0 Å². The van der Waals surface area contributed by atoms with Crippen LogP contribution in [-0.2, 0) is 14.3 Å². The first-order valence-corrected chi connectivity index (χ1v) is 12.8. The number of carbonyl (C=O) groups is 2. The second-order valence-corrected chi connectivity index (χ2v) is 11.0. The fraction of sp³-hybridized carbons (Fsp3) is 0.667. The first-order chi connectivity index (χ1) is 16.7. The first kappa shape index (κ1) is 25.5. The summed E-state index contributed by atoms with van der Waals surface area (Å²) in [6.07, 6.45) is 3.21. The van der Waals surface area contributed by atoms with Crippen molar-refractivity contribution in [3.63, 3.8) is 0 Å². The van der Waals surface area contributed by atoms with Crippen LogP contribution in [0.3, 0.4) is 0 Å². The number of rotatable bonds is 9. The second kappa shape index (κ2) is 9.80. The molecule has 192 valence electrons. The minimum Gasteiger partial charge on any atom is -0.493 e. The number of nitrogens with one attached hydrogen (secondary N) is 1. The van der Waals surface area contributed by atoms with Gasteiger partial charge in [-0.05, 0) is 37.7 Å². The highest BCUT2D eigenvalue weighted by Crippen LogP contribution is 2.48. The third-order valence-corrected chi connectivity index (χ3v) is 8.18. The SMILES string of the molecule is CCC1(CC)CC(=O)N(C(CCOC)C2CC2C(=O)NC2c3ccccc3OCC2(C)C)C(N)=N1. The highest BCUT2D eigenvalue weighted by Gasteiger charge is 2.53. The molecule has 2 amide bonds. The molecule has 0 aromatic heterocycles. The number of hydrogen-bond acceptors (Lipinski definition) is 6. The van der Waals surface area contributed by atoms with Crippen molar-refractivity contribution in [3.05, 3.63) is 29.8 Å². The van der Waals surface area contributed by atoms with E-state index in [2.05, 4.69) is 19.2 Å². The Hall–Kier alpha value is -2.61. The van der Waals surface area contributed by atoms with E-state index in [1.807, 2.05) is 38.1 Å². The summed E-state index contributed by atoms with van der Waals surface area (Å²) in [5.41, 5.74) is 6.73. The molecular formula is C27H40N4O4. The molecule has 1 saturated carbocycles. The first-order valence-electron chi connectivity index (χ1n) is 12.8. The Morgan fingerprint density at radius 2 is 2.03 bits per heavy atom. The van der Waals surface area contributed by atoms with Crippen LogP contribution in [0.4, 0.5) is 0 Å². The number of hydrogen-bond donors (Lipinski definition) is 2. The molecule has 4 rings (SSSR count). The van der Waals surface area contributed by atoms with Crippen molar-refractivity contribution < 1.29 is 19.1 Å². The smallest absolute Gasteiger partial charge is 0.231 e. The summed E-state index contributed by atoms with van der Waals surface area (Å²) in [6, 6.07) is 7.53. The van der Waals surface area contributed by atoms with Crippen LogP contribution in [0.15, 0.2) is 29.3 Å². The second-order valence-electron chi connectivity index (χ2n) is 11.0. The van der Waals surface area contributed by atoms with Crippen molar-refractivity contribution in [1.82, 2.24) is 10.2 Å². The lowest BCUT2D eigenvalue weighted by Crippen LogP contribution is -2.56.